The number of anilines is 1. The van der Waals surface area contributed by atoms with Gasteiger partial charge in [0, 0.05) is 11.6 Å². The van der Waals surface area contributed by atoms with Crippen LogP contribution in [0.3, 0.4) is 0 Å². The van der Waals surface area contributed by atoms with Crippen molar-refractivity contribution in [2.24, 2.45) is 0 Å². The van der Waals surface area contributed by atoms with E-state index in [0.717, 1.165) is 10.8 Å². The zero-order valence-electron chi connectivity index (χ0n) is 10.8. The molecule has 0 bridgehead atoms. The van der Waals surface area contributed by atoms with Gasteiger partial charge in [0.2, 0.25) is 0 Å². The molecule has 0 radical (unpaired) electrons. The van der Waals surface area contributed by atoms with Crippen molar-refractivity contribution in [2.45, 2.75) is 0 Å². The quantitative estimate of drug-likeness (QED) is 0.687. The van der Waals surface area contributed by atoms with Crippen LogP contribution in [0.4, 0.5) is 5.82 Å². The number of benzene rings is 2. The first-order valence-corrected chi connectivity index (χ1v) is 6.23. The lowest BCUT2D eigenvalue weighted by Crippen LogP contribution is -2.12. The molecule has 0 fully saturated rings. The Bertz CT molecular complexity index is 834. The van der Waals surface area contributed by atoms with Crippen molar-refractivity contribution < 1.29 is 14.7 Å². The molecule has 0 saturated heterocycles. The molecule has 1 heterocycles. The van der Waals surface area contributed by atoms with E-state index in [1.54, 1.807) is 12.1 Å². The number of H-pyrrole nitrogens is 1. The van der Waals surface area contributed by atoms with Crippen LogP contribution in [0, 0.1) is 0 Å². The number of carboxylic acids is 1. The fourth-order valence-electron chi connectivity index (χ4n) is 2.10. The fourth-order valence-corrected chi connectivity index (χ4v) is 2.10. The third-order valence-corrected chi connectivity index (χ3v) is 3.08. The van der Waals surface area contributed by atoms with Crippen molar-refractivity contribution in [2.75, 3.05) is 5.32 Å². The van der Waals surface area contributed by atoms with Gasteiger partial charge in [0.15, 0.2) is 5.82 Å². The van der Waals surface area contributed by atoms with Gasteiger partial charge in [-0.05, 0) is 16.8 Å². The molecular weight excluding hydrogens is 270 g/mol. The summed E-state index contributed by atoms with van der Waals surface area (Å²) in [5.74, 6) is -1.30. The zero-order valence-corrected chi connectivity index (χ0v) is 10.8. The topological polar surface area (TPSA) is 95.1 Å². The molecule has 0 aliphatic rings. The number of fused-ring (bicyclic) bond motifs is 1. The van der Waals surface area contributed by atoms with Crippen LogP contribution in [0.5, 0.6) is 0 Å². The Balaban J connectivity index is 1.91. The predicted octanol–water partition coefficient (Wildman–Crippen LogP) is 2.51. The minimum absolute atomic E-state index is 0.0804. The summed E-state index contributed by atoms with van der Waals surface area (Å²) in [6, 6.07) is 14.2. The molecule has 0 atom stereocenters. The van der Waals surface area contributed by atoms with Gasteiger partial charge >= 0.3 is 5.97 Å². The van der Waals surface area contributed by atoms with Gasteiger partial charge in [-0.3, -0.25) is 9.89 Å². The summed E-state index contributed by atoms with van der Waals surface area (Å²) in [7, 11) is 0. The number of carbonyl (C=O) groups excluding carboxylic acids is 1. The number of aromatic nitrogens is 2. The molecule has 3 aromatic rings. The van der Waals surface area contributed by atoms with E-state index in [1.807, 2.05) is 30.3 Å². The largest absolute Gasteiger partial charge is 0.477 e. The van der Waals surface area contributed by atoms with Gasteiger partial charge in [-0.2, -0.15) is 5.10 Å². The molecule has 0 saturated carbocycles. The molecule has 104 valence electrons. The van der Waals surface area contributed by atoms with E-state index >= 15 is 0 Å². The number of nitrogens with one attached hydrogen (secondary N) is 2. The average Bonchev–Trinajstić information content (AvgIpc) is 2.95. The molecule has 1 amide bonds. The summed E-state index contributed by atoms with van der Waals surface area (Å²) in [5.41, 5.74) is 0.427. The minimum Gasteiger partial charge on any atom is -0.477 e. The SMILES string of the molecule is O=C(O)c1cc(NC(=O)c2cccc3ccccc23)n[nH]1. The Kier molecular flexibility index (Phi) is 3.12. The average molecular weight is 281 g/mol. The molecule has 6 heteroatoms. The third kappa shape index (κ3) is 2.46. The second kappa shape index (κ2) is 5.09. The van der Waals surface area contributed by atoms with Crippen molar-refractivity contribution in [1.29, 1.82) is 0 Å². The lowest BCUT2D eigenvalue weighted by Gasteiger charge is -2.05. The van der Waals surface area contributed by atoms with E-state index in [0.29, 0.717) is 5.56 Å². The highest BCUT2D eigenvalue weighted by molar-refractivity contribution is 6.12. The van der Waals surface area contributed by atoms with Crippen molar-refractivity contribution in [3.63, 3.8) is 0 Å². The molecule has 0 spiro atoms. The number of hydrogen-bond acceptors (Lipinski definition) is 3. The van der Waals surface area contributed by atoms with Crippen LogP contribution in [0.1, 0.15) is 20.8 Å². The van der Waals surface area contributed by atoms with Gasteiger partial charge in [-0.1, -0.05) is 36.4 Å². The van der Waals surface area contributed by atoms with E-state index in [-0.39, 0.29) is 17.4 Å². The maximum atomic E-state index is 12.3. The molecule has 21 heavy (non-hydrogen) atoms. The molecule has 2 aromatic carbocycles. The van der Waals surface area contributed by atoms with E-state index < -0.39 is 5.97 Å². The predicted molar refractivity (Wildman–Crippen MR) is 77.4 cm³/mol. The Labute approximate surface area is 119 Å². The molecule has 3 rings (SSSR count). The third-order valence-electron chi connectivity index (χ3n) is 3.08. The van der Waals surface area contributed by atoms with Gasteiger partial charge in [0.25, 0.3) is 5.91 Å². The number of hydrogen-bond donors (Lipinski definition) is 3. The second-order valence-corrected chi connectivity index (χ2v) is 4.45. The van der Waals surface area contributed by atoms with Crippen LogP contribution in [0.15, 0.2) is 48.5 Å². The van der Waals surface area contributed by atoms with Crippen molar-refractivity contribution in [3.8, 4) is 0 Å². The highest BCUT2D eigenvalue weighted by atomic mass is 16.4. The highest BCUT2D eigenvalue weighted by Crippen LogP contribution is 2.19. The first kappa shape index (κ1) is 12.9. The number of amides is 1. The summed E-state index contributed by atoms with van der Waals surface area (Å²) < 4.78 is 0. The van der Waals surface area contributed by atoms with Crippen LogP contribution in [-0.2, 0) is 0 Å². The van der Waals surface area contributed by atoms with Crippen LogP contribution in [0.25, 0.3) is 10.8 Å². The molecule has 0 aliphatic carbocycles. The smallest absolute Gasteiger partial charge is 0.353 e. The number of aromatic amines is 1. The summed E-state index contributed by atoms with van der Waals surface area (Å²) >= 11 is 0. The lowest BCUT2D eigenvalue weighted by molar-refractivity contribution is 0.0690. The van der Waals surface area contributed by atoms with Crippen molar-refractivity contribution in [1.82, 2.24) is 10.2 Å². The van der Waals surface area contributed by atoms with Crippen LogP contribution >= 0.6 is 0 Å². The monoisotopic (exact) mass is 281 g/mol. The van der Waals surface area contributed by atoms with Gasteiger partial charge in [0.05, 0.1) is 0 Å². The standard InChI is InChI=1S/C15H11N3O3/c19-14(16-13-8-12(15(20)21)17-18-13)11-7-3-5-9-4-1-2-6-10(9)11/h1-8H,(H,20,21)(H2,16,17,18,19). The van der Waals surface area contributed by atoms with Gasteiger partial charge in [-0.15, -0.1) is 0 Å². The van der Waals surface area contributed by atoms with Crippen LogP contribution in [0.2, 0.25) is 0 Å². The first-order chi connectivity index (χ1) is 10.1. The van der Waals surface area contributed by atoms with Crippen molar-refractivity contribution in [3.05, 3.63) is 59.8 Å². The summed E-state index contributed by atoms with van der Waals surface area (Å²) in [4.78, 5) is 23.1. The van der Waals surface area contributed by atoms with Gasteiger partial charge < -0.3 is 10.4 Å². The minimum atomic E-state index is -1.13. The Morgan fingerprint density at radius 1 is 1.10 bits per heavy atom. The van der Waals surface area contributed by atoms with Gasteiger partial charge in [0.1, 0.15) is 5.69 Å². The summed E-state index contributed by atoms with van der Waals surface area (Å²) in [6.45, 7) is 0. The lowest BCUT2D eigenvalue weighted by atomic mass is 10.0. The number of carboxylic acid groups (broad SMARTS) is 1. The molecular formula is C15H11N3O3. The Morgan fingerprint density at radius 3 is 2.62 bits per heavy atom. The zero-order chi connectivity index (χ0) is 14.8. The molecule has 3 N–H and O–H groups in total. The first-order valence-electron chi connectivity index (χ1n) is 6.23. The van der Waals surface area contributed by atoms with E-state index in [1.165, 1.54) is 6.07 Å². The molecule has 0 unspecified atom stereocenters. The molecule has 1 aromatic heterocycles. The Morgan fingerprint density at radius 2 is 1.86 bits per heavy atom. The fraction of sp³-hybridized carbons (Fsp3) is 0. The van der Waals surface area contributed by atoms with Crippen LogP contribution in [-0.4, -0.2) is 27.2 Å². The normalized spacial score (nSPS) is 10.5. The number of aromatic carboxylic acids is 1. The number of rotatable bonds is 3. The van der Waals surface area contributed by atoms with Crippen molar-refractivity contribution >= 4 is 28.5 Å². The van der Waals surface area contributed by atoms with E-state index in [9.17, 15) is 9.59 Å². The maximum absolute atomic E-state index is 12.3. The number of nitrogens with zero attached hydrogens (tertiary/aromatic N) is 1. The summed E-state index contributed by atoms with van der Waals surface area (Å²) in [6.07, 6.45) is 0. The maximum Gasteiger partial charge on any atom is 0.353 e. The highest BCUT2D eigenvalue weighted by Gasteiger charge is 2.13. The number of carbonyl (C=O) groups is 2. The van der Waals surface area contributed by atoms with Crippen LogP contribution < -0.4 is 5.32 Å². The summed E-state index contributed by atoms with van der Waals surface area (Å²) in [5, 5.41) is 19.3. The second-order valence-electron chi connectivity index (χ2n) is 4.45. The van der Waals surface area contributed by atoms with E-state index in [4.69, 9.17) is 5.11 Å². The van der Waals surface area contributed by atoms with E-state index in [2.05, 4.69) is 15.5 Å². The molecule has 0 aliphatic heterocycles. The Hall–Kier alpha value is -3.15. The van der Waals surface area contributed by atoms with Gasteiger partial charge in [-0.25, -0.2) is 4.79 Å². The molecule has 6 nitrogen and oxygen atoms in total.